The SMILES string of the molecule is COc1ccccc1[C@H]1Cn2ccnc2CN1Cc1cncs1. The van der Waals surface area contributed by atoms with Crippen LogP contribution in [-0.4, -0.2) is 26.5 Å². The molecule has 0 amide bonds. The van der Waals surface area contributed by atoms with Crippen molar-refractivity contribution < 1.29 is 4.74 Å². The number of hydrogen-bond acceptors (Lipinski definition) is 5. The number of nitrogens with zero attached hydrogens (tertiary/aromatic N) is 4. The lowest BCUT2D eigenvalue weighted by Gasteiger charge is -2.36. The average Bonchev–Trinajstić information content (AvgIpc) is 3.25. The molecular weight excluding hydrogens is 308 g/mol. The molecule has 0 saturated heterocycles. The Hall–Kier alpha value is -2.18. The number of aromatic nitrogens is 3. The fourth-order valence-electron chi connectivity index (χ4n) is 3.17. The number of hydrogen-bond donors (Lipinski definition) is 0. The largest absolute Gasteiger partial charge is 0.496 e. The number of para-hydroxylation sites is 1. The van der Waals surface area contributed by atoms with Crippen molar-refractivity contribution in [2.75, 3.05) is 7.11 Å². The fraction of sp³-hybridized carbons (Fsp3) is 0.294. The molecule has 6 heteroatoms. The van der Waals surface area contributed by atoms with Gasteiger partial charge in [0.25, 0.3) is 0 Å². The van der Waals surface area contributed by atoms with Gasteiger partial charge in [-0.1, -0.05) is 18.2 Å². The Morgan fingerprint density at radius 3 is 3.09 bits per heavy atom. The van der Waals surface area contributed by atoms with Crippen LogP contribution in [0.15, 0.2) is 48.4 Å². The maximum absolute atomic E-state index is 5.59. The molecule has 5 nitrogen and oxygen atoms in total. The van der Waals surface area contributed by atoms with Gasteiger partial charge in [-0.2, -0.15) is 0 Å². The standard InChI is InChI=1S/C17H18N4OS/c1-22-16-5-3-2-4-14(16)15-10-20-7-6-19-17(20)11-21(15)9-13-8-18-12-23-13/h2-8,12,15H,9-11H2,1H3/t15-/m1/s1. The first-order valence-electron chi connectivity index (χ1n) is 7.59. The smallest absolute Gasteiger partial charge is 0.123 e. The van der Waals surface area contributed by atoms with E-state index < -0.39 is 0 Å². The molecule has 0 saturated carbocycles. The third-order valence-electron chi connectivity index (χ3n) is 4.30. The van der Waals surface area contributed by atoms with Crippen LogP contribution < -0.4 is 4.74 Å². The molecule has 3 aromatic rings. The van der Waals surface area contributed by atoms with E-state index in [0.29, 0.717) is 0 Å². The summed E-state index contributed by atoms with van der Waals surface area (Å²) >= 11 is 1.70. The third-order valence-corrected chi connectivity index (χ3v) is 5.06. The highest BCUT2D eigenvalue weighted by Crippen LogP contribution is 2.35. The Bertz CT molecular complexity index is 784. The van der Waals surface area contributed by atoms with Gasteiger partial charge < -0.3 is 9.30 Å². The number of imidazole rings is 1. The molecule has 4 rings (SSSR count). The van der Waals surface area contributed by atoms with Gasteiger partial charge in [-0.25, -0.2) is 4.98 Å². The van der Waals surface area contributed by atoms with Gasteiger partial charge in [-0.3, -0.25) is 9.88 Å². The summed E-state index contributed by atoms with van der Waals surface area (Å²) in [4.78, 5) is 12.4. The van der Waals surface area contributed by atoms with Crippen molar-refractivity contribution in [2.24, 2.45) is 0 Å². The second kappa shape index (κ2) is 6.14. The van der Waals surface area contributed by atoms with Crippen LogP contribution >= 0.6 is 11.3 Å². The summed E-state index contributed by atoms with van der Waals surface area (Å²) in [6, 6.07) is 8.54. The van der Waals surface area contributed by atoms with Gasteiger partial charge in [0.2, 0.25) is 0 Å². The number of methoxy groups -OCH3 is 1. The molecular formula is C17H18N4OS. The van der Waals surface area contributed by atoms with Crippen LogP contribution in [0.25, 0.3) is 0 Å². The molecule has 0 N–H and O–H groups in total. The summed E-state index contributed by atoms with van der Waals surface area (Å²) in [5.41, 5.74) is 3.11. The van der Waals surface area contributed by atoms with Crippen LogP contribution in [-0.2, 0) is 19.6 Å². The minimum absolute atomic E-state index is 0.259. The minimum Gasteiger partial charge on any atom is -0.496 e. The normalized spacial score (nSPS) is 17.9. The molecule has 0 aliphatic carbocycles. The van der Waals surface area contributed by atoms with Crippen molar-refractivity contribution in [3.05, 3.63) is 64.6 Å². The monoisotopic (exact) mass is 326 g/mol. The molecule has 118 valence electrons. The van der Waals surface area contributed by atoms with Crippen molar-refractivity contribution in [3.8, 4) is 5.75 Å². The highest BCUT2D eigenvalue weighted by atomic mass is 32.1. The first-order valence-corrected chi connectivity index (χ1v) is 8.47. The predicted octanol–water partition coefficient (Wildman–Crippen LogP) is 3.11. The van der Waals surface area contributed by atoms with Crippen molar-refractivity contribution in [1.82, 2.24) is 19.4 Å². The van der Waals surface area contributed by atoms with E-state index in [1.165, 1.54) is 10.4 Å². The van der Waals surface area contributed by atoms with Crippen LogP contribution in [0.3, 0.4) is 0 Å². The number of thiazole rings is 1. The zero-order valence-electron chi connectivity index (χ0n) is 12.9. The molecule has 3 heterocycles. The van der Waals surface area contributed by atoms with Gasteiger partial charge in [-0.15, -0.1) is 11.3 Å². The lowest BCUT2D eigenvalue weighted by molar-refractivity contribution is 0.127. The second-order valence-electron chi connectivity index (χ2n) is 5.63. The number of benzene rings is 1. The van der Waals surface area contributed by atoms with E-state index >= 15 is 0 Å². The molecule has 1 aliphatic rings. The Kier molecular flexibility index (Phi) is 3.85. The van der Waals surface area contributed by atoms with Crippen molar-refractivity contribution >= 4 is 11.3 Å². The van der Waals surface area contributed by atoms with E-state index in [9.17, 15) is 0 Å². The Morgan fingerprint density at radius 1 is 1.35 bits per heavy atom. The maximum atomic E-state index is 5.59. The highest BCUT2D eigenvalue weighted by molar-refractivity contribution is 7.09. The van der Waals surface area contributed by atoms with Crippen LogP contribution in [0.1, 0.15) is 22.3 Å². The van der Waals surface area contributed by atoms with Gasteiger partial charge >= 0.3 is 0 Å². The van der Waals surface area contributed by atoms with E-state index in [2.05, 4.69) is 37.8 Å². The molecule has 0 spiro atoms. The highest BCUT2D eigenvalue weighted by Gasteiger charge is 2.30. The topological polar surface area (TPSA) is 43.2 Å². The van der Waals surface area contributed by atoms with Crippen LogP contribution in [0, 0.1) is 0 Å². The van der Waals surface area contributed by atoms with Gasteiger partial charge in [0.15, 0.2) is 0 Å². The lowest BCUT2D eigenvalue weighted by Crippen LogP contribution is -2.36. The molecule has 2 aromatic heterocycles. The summed E-state index contributed by atoms with van der Waals surface area (Å²) in [6.45, 7) is 2.59. The van der Waals surface area contributed by atoms with Crippen LogP contribution in [0.4, 0.5) is 0 Å². The first-order chi connectivity index (χ1) is 11.3. The van der Waals surface area contributed by atoms with E-state index in [1.54, 1.807) is 18.4 Å². The lowest BCUT2D eigenvalue weighted by atomic mass is 10.0. The molecule has 0 fully saturated rings. The average molecular weight is 326 g/mol. The summed E-state index contributed by atoms with van der Waals surface area (Å²) in [5, 5.41) is 0. The summed E-state index contributed by atoms with van der Waals surface area (Å²) in [5.74, 6) is 2.05. The first kappa shape index (κ1) is 14.4. The quantitative estimate of drug-likeness (QED) is 0.739. The molecule has 1 aliphatic heterocycles. The van der Waals surface area contributed by atoms with Crippen LogP contribution in [0.2, 0.25) is 0 Å². The van der Waals surface area contributed by atoms with Gasteiger partial charge in [-0.05, 0) is 6.07 Å². The summed E-state index contributed by atoms with van der Waals surface area (Å²) < 4.78 is 7.83. The van der Waals surface area contributed by atoms with E-state index in [1.807, 2.05) is 30.0 Å². The fourth-order valence-corrected chi connectivity index (χ4v) is 3.79. The minimum atomic E-state index is 0.259. The summed E-state index contributed by atoms with van der Waals surface area (Å²) in [7, 11) is 1.73. The Labute approximate surface area is 139 Å². The van der Waals surface area contributed by atoms with Crippen molar-refractivity contribution in [3.63, 3.8) is 0 Å². The van der Waals surface area contributed by atoms with Gasteiger partial charge in [0.05, 0.1) is 25.2 Å². The van der Waals surface area contributed by atoms with Crippen molar-refractivity contribution in [1.29, 1.82) is 0 Å². The maximum Gasteiger partial charge on any atom is 0.123 e. The second-order valence-corrected chi connectivity index (χ2v) is 6.60. The molecule has 1 aromatic carbocycles. The Morgan fingerprint density at radius 2 is 2.26 bits per heavy atom. The third kappa shape index (κ3) is 2.75. The number of ether oxygens (including phenoxy) is 1. The van der Waals surface area contributed by atoms with Crippen molar-refractivity contribution in [2.45, 2.75) is 25.7 Å². The molecule has 1 atom stereocenters. The molecule has 0 unspecified atom stereocenters. The zero-order chi connectivity index (χ0) is 15.6. The number of fused-ring (bicyclic) bond motifs is 1. The molecule has 0 radical (unpaired) electrons. The zero-order valence-corrected chi connectivity index (χ0v) is 13.7. The summed E-state index contributed by atoms with van der Waals surface area (Å²) in [6.07, 6.45) is 5.89. The Balaban J connectivity index is 1.71. The number of rotatable bonds is 4. The van der Waals surface area contributed by atoms with Gasteiger partial charge in [0, 0.05) is 42.1 Å². The van der Waals surface area contributed by atoms with E-state index in [4.69, 9.17) is 4.74 Å². The van der Waals surface area contributed by atoms with Gasteiger partial charge in [0.1, 0.15) is 11.6 Å². The molecule has 0 bridgehead atoms. The molecule has 23 heavy (non-hydrogen) atoms. The van der Waals surface area contributed by atoms with E-state index in [-0.39, 0.29) is 6.04 Å². The predicted molar refractivity (Wildman–Crippen MR) is 89.3 cm³/mol. The van der Waals surface area contributed by atoms with Crippen LogP contribution in [0.5, 0.6) is 5.75 Å². The van der Waals surface area contributed by atoms with E-state index in [0.717, 1.165) is 31.2 Å².